The Morgan fingerprint density at radius 2 is 1.32 bits per heavy atom. The van der Waals surface area contributed by atoms with Gasteiger partial charge in [0.15, 0.2) is 0 Å². The summed E-state index contributed by atoms with van der Waals surface area (Å²) in [5.41, 5.74) is 1.83. The minimum Gasteiger partial charge on any atom is -0.322 e. The molecule has 0 fully saturated rings. The summed E-state index contributed by atoms with van der Waals surface area (Å²) in [6.07, 6.45) is 0. The van der Waals surface area contributed by atoms with Gasteiger partial charge in [-0.05, 0) is 64.5 Å². The number of anilines is 2. The average molecular weight is 440 g/mol. The van der Waals surface area contributed by atoms with Crippen LogP contribution in [0.1, 0.15) is 20.7 Å². The average Bonchev–Trinajstić information content (AvgIpc) is 2.69. The molecule has 0 spiro atoms. The highest BCUT2D eigenvalue weighted by atomic mass is 79.9. The Morgan fingerprint density at radius 1 is 0.786 bits per heavy atom. The van der Waals surface area contributed by atoms with E-state index in [-0.39, 0.29) is 17.5 Å². The van der Waals surface area contributed by atoms with Crippen molar-refractivity contribution in [1.82, 2.24) is 0 Å². The number of rotatable bonds is 5. The maximum atomic E-state index is 12.3. The third-order valence-corrected chi connectivity index (χ3v) is 4.55. The molecular weight excluding hydrogens is 426 g/mol. The van der Waals surface area contributed by atoms with Crippen molar-refractivity contribution in [2.24, 2.45) is 0 Å². The monoisotopic (exact) mass is 439 g/mol. The van der Waals surface area contributed by atoms with Gasteiger partial charge in [-0.3, -0.25) is 19.7 Å². The first-order valence-electron chi connectivity index (χ1n) is 8.16. The van der Waals surface area contributed by atoms with E-state index >= 15 is 0 Å². The molecule has 0 saturated heterocycles. The molecule has 0 aliphatic heterocycles. The lowest BCUT2D eigenvalue weighted by atomic mass is 10.1. The molecular formula is C20H14BrN3O4. The van der Waals surface area contributed by atoms with E-state index in [4.69, 9.17) is 0 Å². The van der Waals surface area contributed by atoms with E-state index in [1.54, 1.807) is 42.5 Å². The molecule has 140 valence electrons. The molecule has 2 N–H and O–H groups in total. The second kappa shape index (κ2) is 8.45. The summed E-state index contributed by atoms with van der Waals surface area (Å²) < 4.78 is 0.687. The predicted octanol–water partition coefficient (Wildman–Crippen LogP) is 4.86. The number of nitrogens with one attached hydrogen (secondary N) is 2. The maximum absolute atomic E-state index is 12.3. The van der Waals surface area contributed by atoms with Gasteiger partial charge in [-0.2, -0.15) is 0 Å². The van der Waals surface area contributed by atoms with Crippen molar-refractivity contribution >= 4 is 44.8 Å². The fraction of sp³-hybridized carbons (Fsp3) is 0. The molecule has 0 radical (unpaired) electrons. The molecule has 28 heavy (non-hydrogen) atoms. The summed E-state index contributed by atoms with van der Waals surface area (Å²) >= 11 is 3.33. The Labute approximate surface area is 168 Å². The standard InChI is InChI=1S/C20H14BrN3O4/c21-18-4-2-1-3-17(18)20(26)23-14-7-5-13(6-8-14)19(25)22-15-9-11-16(12-10-15)24(27)28/h1-12H,(H,22,25)(H,23,26). The highest BCUT2D eigenvalue weighted by Crippen LogP contribution is 2.19. The fourth-order valence-corrected chi connectivity index (χ4v) is 2.88. The molecule has 0 aromatic heterocycles. The van der Waals surface area contributed by atoms with Crippen molar-refractivity contribution in [2.75, 3.05) is 10.6 Å². The number of carbonyl (C=O) groups excluding carboxylic acids is 2. The summed E-state index contributed by atoms with van der Waals surface area (Å²) in [5.74, 6) is -0.631. The first-order chi connectivity index (χ1) is 13.4. The number of non-ortho nitro benzene ring substituents is 1. The van der Waals surface area contributed by atoms with E-state index in [2.05, 4.69) is 26.6 Å². The van der Waals surface area contributed by atoms with Crippen LogP contribution in [0.4, 0.5) is 17.1 Å². The molecule has 3 aromatic carbocycles. The van der Waals surface area contributed by atoms with Crippen LogP contribution < -0.4 is 10.6 Å². The van der Waals surface area contributed by atoms with Gasteiger partial charge in [0.2, 0.25) is 0 Å². The van der Waals surface area contributed by atoms with Crippen LogP contribution >= 0.6 is 15.9 Å². The zero-order valence-electron chi connectivity index (χ0n) is 14.4. The van der Waals surface area contributed by atoms with Crippen LogP contribution in [0.15, 0.2) is 77.3 Å². The Kier molecular flexibility index (Phi) is 5.81. The molecule has 0 heterocycles. The van der Waals surface area contributed by atoms with Crippen molar-refractivity contribution in [3.63, 3.8) is 0 Å². The van der Waals surface area contributed by atoms with Crippen molar-refractivity contribution in [3.05, 3.63) is 98.5 Å². The topological polar surface area (TPSA) is 101 Å². The molecule has 0 bridgehead atoms. The van der Waals surface area contributed by atoms with Gasteiger partial charge in [-0.25, -0.2) is 0 Å². The van der Waals surface area contributed by atoms with Gasteiger partial charge in [-0.15, -0.1) is 0 Å². The van der Waals surface area contributed by atoms with Gasteiger partial charge in [0.25, 0.3) is 17.5 Å². The van der Waals surface area contributed by atoms with Crippen molar-refractivity contribution in [3.8, 4) is 0 Å². The predicted molar refractivity (Wildman–Crippen MR) is 110 cm³/mol. The zero-order valence-corrected chi connectivity index (χ0v) is 16.0. The first-order valence-corrected chi connectivity index (χ1v) is 8.95. The highest BCUT2D eigenvalue weighted by Gasteiger charge is 2.11. The SMILES string of the molecule is O=C(Nc1ccc([N+](=O)[O-])cc1)c1ccc(NC(=O)c2ccccc2Br)cc1. The van der Waals surface area contributed by atoms with Gasteiger partial charge in [-0.1, -0.05) is 12.1 Å². The number of nitro benzene ring substituents is 1. The summed E-state index contributed by atoms with van der Waals surface area (Å²) in [6, 6.07) is 19.0. The van der Waals surface area contributed by atoms with Crippen LogP contribution in [0.2, 0.25) is 0 Å². The minimum absolute atomic E-state index is 0.0526. The minimum atomic E-state index is -0.507. The lowest BCUT2D eigenvalue weighted by Crippen LogP contribution is -2.14. The smallest absolute Gasteiger partial charge is 0.269 e. The van der Waals surface area contributed by atoms with Gasteiger partial charge in [0.05, 0.1) is 10.5 Å². The summed E-state index contributed by atoms with van der Waals surface area (Å²) in [5, 5.41) is 16.1. The quantitative estimate of drug-likeness (QED) is 0.437. The zero-order chi connectivity index (χ0) is 20.1. The molecule has 3 rings (SSSR count). The van der Waals surface area contributed by atoms with Crippen LogP contribution in [-0.4, -0.2) is 16.7 Å². The van der Waals surface area contributed by atoms with Crippen LogP contribution in [0, 0.1) is 10.1 Å². The lowest BCUT2D eigenvalue weighted by Gasteiger charge is -2.08. The second-order valence-electron chi connectivity index (χ2n) is 5.77. The van der Waals surface area contributed by atoms with E-state index < -0.39 is 4.92 Å². The Bertz CT molecular complexity index is 1030. The summed E-state index contributed by atoms with van der Waals surface area (Å²) in [4.78, 5) is 34.7. The van der Waals surface area contributed by atoms with E-state index in [9.17, 15) is 19.7 Å². The van der Waals surface area contributed by atoms with E-state index in [0.717, 1.165) is 0 Å². The second-order valence-corrected chi connectivity index (χ2v) is 6.62. The lowest BCUT2D eigenvalue weighted by molar-refractivity contribution is -0.384. The Hall–Kier alpha value is -3.52. The number of nitro groups is 1. The molecule has 0 aliphatic rings. The van der Waals surface area contributed by atoms with Gasteiger partial charge >= 0.3 is 0 Å². The molecule has 0 aliphatic carbocycles. The normalized spacial score (nSPS) is 10.2. The van der Waals surface area contributed by atoms with Crippen molar-refractivity contribution in [2.45, 2.75) is 0 Å². The first kappa shape index (κ1) is 19.2. The molecule has 8 heteroatoms. The Morgan fingerprint density at radius 3 is 1.89 bits per heavy atom. The Balaban J connectivity index is 1.65. The summed E-state index contributed by atoms with van der Waals surface area (Å²) in [6.45, 7) is 0. The van der Waals surface area contributed by atoms with Gasteiger partial charge in [0.1, 0.15) is 0 Å². The van der Waals surface area contributed by atoms with E-state index in [1.807, 2.05) is 6.07 Å². The maximum Gasteiger partial charge on any atom is 0.269 e. The van der Waals surface area contributed by atoms with Gasteiger partial charge in [0, 0.05) is 33.5 Å². The number of hydrogen-bond acceptors (Lipinski definition) is 4. The fourth-order valence-electron chi connectivity index (χ4n) is 2.42. The number of carbonyl (C=O) groups is 2. The number of halogens is 1. The third-order valence-electron chi connectivity index (χ3n) is 3.86. The molecule has 0 saturated carbocycles. The van der Waals surface area contributed by atoms with Crippen molar-refractivity contribution in [1.29, 1.82) is 0 Å². The number of amides is 2. The largest absolute Gasteiger partial charge is 0.322 e. The number of hydrogen-bond donors (Lipinski definition) is 2. The van der Waals surface area contributed by atoms with Crippen LogP contribution in [-0.2, 0) is 0 Å². The molecule has 7 nitrogen and oxygen atoms in total. The molecule has 3 aromatic rings. The third kappa shape index (κ3) is 4.60. The van der Waals surface area contributed by atoms with E-state index in [1.165, 1.54) is 24.3 Å². The molecule has 0 unspecified atom stereocenters. The number of benzene rings is 3. The summed E-state index contributed by atoms with van der Waals surface area (Å²) in [7, 11) is 0. The molecule has 0 atom stereocenters. The van der Waals surface area contributed by atoms with Crippen LogP contribution in [0.5, 0.6) is 0 Å². The highest BCUT2D eigenvalue weighted by molar-refractivity contribution is 9.10. The van der Waals surface area contributed by atoms with E-state index in [0.29, 0.717) is 27.0 Å². The van der Waals surface area contributed by atoms with Crippen molar-refractivity contribution < 1.29 is 14.5 Å². The van der Waals surface area contributed by atoms with Gasteiger partial charge < -0.3 is 10.6 Å². The van der Waals surface area contributed by atoms with Crippen LogP contribution in [0.3, 0.4) is 0 Å². The van der Waals surface area contributed by atoms with Crippen LogP contribution in [0.25, 0.3) is 0 Å². The molecule has 2 amide bonds. The number of nitrogens with zero attached hydrogens (tertiary/aromatic N) is 1.